The molecular formula is C17H30N4. The molecule has 3 N–H and O–H groups in total. The van der Waals surface area contributed by atoms with E-state index in [2.05, 4.69) is 60.4 Å². The average molecular weight is 290 g/mol. The van der Waals surface area contributed by atoms with Crippen LogP contribution < -0.4 is 11.1 Å². The third kappa shape index (κ3) is 9.08. The van der Waals surface area contributed by atoms with Gasteiger partial charge in [-0.1, -0.05) is 44.2 Å². The van der Waals surface area contributed by atoms with Crippen LogP contribution in [0.25, 0.3) is 0 Å². The summed E-state index contributed by atoms with van der Waals surface area (Å²) in [5, 5.41) is 3.16. The van der Waals surface area contributed by atoms with Crippen LogP contribution in [0.15, 0.2) is 35.3 Å². The topological polar surface area (TPSA) is 53.6 Å². The molecule has 0 atom stereocenters. The van der Waals surface area contributed by atoms with Crippen LogP contribution in [-0.2, 0) is 6.54 Å². The van der Waals surface area contributed by atoms with E-state index in [-0.39, 0.29) is 0 Å². The van der Waals surface area contributed by atoms with E-state index in [1.165, 1.54) is 5.56 Å². The molecule has 0 aliphatic carbocycles. The minimum absolute atomic E-state index is 0.571. The summed E-state index contributed by atoms with van der Waals surface area (Å²) in [7, 11) is 2.14. The van der Waals surface area contributed by atoms with Crippen molar-refractivity contribution in [3.63, 3.8) is 0 Å². The minimum Gasteiger partial charge on any atom is -0.370 e. The van der Waals surface area contributed by atoms with Crippen molar-refractivity contribution < 1.29 is 0 Å². The molecule has 1 rings (SSSR count). The van der Waals surface area contributed by atoms with E-state index < -0.39 is 0 Å². The molecule has 1 aromatic carbocycles. The molecule has 0 saturated carbocycles. The lowest BCUT2D eigenvalue weighted by atomic mass is 10.1. The van der Waals surface area contributed by atoms with Gasteiger partial charge < -0.3 is 16.0 Å². The van der Waals surface area contributed by atoms with E-state index >= 15 is 0 Å². The minimum atomic E-state index is 0.571. The highest BCUT2D eigenvalue weighted by atomic mass is 15.1. The second kappa shape index (κ2) is 10.2. The molecule has 0 amide bonds. The molecule has 0 spiro atoms. The molecule has 4 heteroatoms. The zero-order chi connectivity index (χ0) is 15.5. The summed E-state index contributed by atoms with van der Waals surface area (Å²) in [6.07, 6.45) is 2.14. The Bertz CT molecular complexity index is 401. The van der Waals surface area contributed by atoms with Gasteiger partial charge in [0.15, 0.2) is 5.96 Å². The summed E-state index contributed by atoms with van der Waals surface area (Å²) >= 11 is 0. The number of benzene rings is 1. The quantitative estimate of drug-likeness (QED) is 0.417. The lowest BCUT2D eigenvalue weighted by Crippen LogP contribution is -2.33. The second-order valence-electron chi connectivity index (χ2n) is 5.95. The number of hydrogen-bond acceptors (Lipinski definition) is 2. The number of nitrogens with one attached hydrogen (secondary N) is 1. The van der Waals surface area contributed by atoms with Gasteiger partial charge in [-0.2, -0.15) is 0 Å². The Labute approximate surface area is 129 Å². The van der Waals surface area contributed by atoms with Crippen molar-refractivity contribution >= 4 is 5.96 Å². The van der Waals surface area contributed by atoms with E-state index in [0.29, 0.717) is 11.9 Å². The van der Waals surface area contributed by atoms with Crippen molar-refractivity contribution in [2.45, 2.75) is 33.2 Å². The van der Waals surface area contributed by atoms with Crippen LogP contribution in [0.4, 0.5) is 0 Å². The van der Waals surface area contributed by atoms with Crippen molar-refractivity contribution in [1.82, 2.24) is 10.2 Å². The summed E-state index contributed by atoms with van der Waals surface area (Å²) in [6.45, 7) is 8.10. The van der Waals surface area contributed by atoms with Gasteiger partial charge in [-0.05, 0) is 37.9 Å². The fourth-order valence-corrected chi connectivity index (χ4v) is 2.06. The van der Waals surface area contributed by atoms with Crippen molar-refractivity contribution in [3.8, 4) is 0 Å². The summed E-state index contributed by atoms with van der Waals surface area (Å²) in [5.74, 6) is 1.26. The molecular weight excluding hydrogens is 260 g/mol. The smallest absolute Gasteiger partial charge is 0.188 e. The first-order valence-corrected chi connectivity index (χ1v) is 7.84. The predicted molar refractivity (Wildman–Crippen MR) is 91.3 cm³/mol. The highest BCUT2D eigenvalue weighted by Gasteiger charge is 1.99. The SMILES string of the molecule is CC(C)CCNC(N)=NCCCN(C)Cc1ccccc1. The maximum absolute atomic E-state index is 5.83. The Morgan fingerprint density at radius 2 is 2.00 bits per heavy atom. The first-order chi connectivity index (χ1) is 10.1. The lowest BCUT2D eigenvalue weighted by molar-refractivity contribution is 0.324. The summed E-state index contributed by atoms with van der Waals surface area (Å²) in [6, 6.07) is 10.5. The first kappa shape index (κ1) is 17.5. The van der Waals surface area contributed by atoms with Crippen molar-refractivity contribution in [3.05, 3.63) is 35.9 Å². The standard InChI is InChI=1S/C17H30N4/c1-15(2)10-12-20-17(18)19-11-7-13-21(3)14-16-8-5-4-6-9-16/h4-6,8-9,15H,7,10-14H2,1-3H3,(H3,18,19,20). The zero-order valence-corrected chi connectivity index (χ0v) is 13.7. The highest BCUT2D eigenvalue weighted by molar-refractivity contribution is 5.77. The van der Waals surface area contributed by atoms with Gasteiger partial charge in [-0.15, -0.1) is 0 Å². The van der Waals surface area contributed by atoms with Gasteiger partial charge in [0.1, 0.15) is 0 Å². The summed E-state index contributed by atoms with van der Waals surface area (Å²) in [5.41, 5.74) is 7.17. The molecule has 0 heterocycles. The van der Waals surface area contributed by atoms with Gasteiger partial charge in [0.25, 0.3) is 0 Å². The van der Waals surface area contributed by atoms with Gasteiger partial charge in [0.2, 0.25) is 0 Å². The normalized spacial score (nSPS) is 12.1. The van der Waals surface area contributed by atoms with Crippen molar-refractivity contribution in [1.29, 1.82) is 0 Å². The third-order valence-corrected chi connectivity index (χ3v) is 3.30. The maximum atomic E-state index is 5.83. The molecule has 21 heavy (non-hydrogen) atoms. The molecule has 4 nitrogen and oxygen atoms in total. The van der Waals surface area contributed by atoms with E-state index in [1.54, 1.807) is 0 Å². The number of nitrogens with two attached hydrogens (primary N) is 1. The number of aliphatic imine (C=N–C) groups is 1. The van der Waals surface area contributed by atoms with Crippen LogP contribution >= 0.6 is 0 Å². The van der Waals surface area contributed by atoms with Crippen LogP contribution in [0.1, 0.15) is 32.3 Å². The van der Waals surface area contributed by atoms with Crippen LogP contribution in [0, 0.1) is 5.92 Å². The van der Waals surface area contributed by atoms with Gasteiger partial charge in [-0.25, -0.2) is 0 Å². The first-order valence-electron chi connectivity index (χ1n) is 7.84. The van der Waals surface area contributed by atoms with Crippen molar-refractivity contribution in [2.75, 3.05) is 26.7 Å². The molecule has 0 unspecified atom stereocenters. The number of nitrogens with zero attached hydrogens (tertiary/aromatic N) is 2. The number of rotatable bonds is 9. The highest BCUT2D eigenvalue weighted by Crippen LogP contribution is 2.02. The van der Waals surface area contributed by atoms with Crippen LogP contribution in [0.3, 0.4) is 0 Å². The van der Waals surface area contributed by atoms with E-state index in [1.807, 2.05) is 6.07 Å². The molecule has 0 radical (unpaired) electrons. The number of guanidine groups is 1. The van der Waals surface area contributed by atoms with Gasteiger partial charge >= 0.3 is 0 Å². The van der Waals surface area contributed by atoms with Gasteiger partial charge in [-0.3, -0.25) is 4.99 Å². The van der Waals surface area contributed by atoms with Crippen LogP contribution in [0.5, 0.6) is 0 Å². The Balaban J connectivity index is 2.12. The predicted octanol–water partition coefficient (Wildman–Crippen LogP) is 2.46. The zero-order valence-electron chi connectivity index (χ0n) is 13.7. The summed E-state index contributed by atoms with van der Waals surface area (Å²) in [4.78, 5) is 6.67. The number of hydrogen-bond donors (Lipinski definition) is 2. The Morgan fingerprint density at radius 1 is 1.29 bits per heavy atom. The monoisotopic (exact) mass is 290 g/mol. The summed E-state index contributed by atoms with van der Waals surface area (Å²) < 4.78 is 0. The van der Waals surface area contributed by atoms with E-state index in [0.717, 1.165) is 39.0 Å². The molecule has 0 aliphatic rings. The lowest BCUT2D eigenvalue weighted by Gasteiger charge is -2.16. The largest absolute Gasteiger partial charge is 0.370 e. The Hall–Kier alpha value is -1.55. The molecule has 0 aromatic heterocycles. The Kier molecular flexibility index (Phi) is 8.51. The average Bonchev–Trinajstić information content (AvgIpc) is 2.44. The molecule has 1 aromatic rings. The van der Waals surface area contributed by atoms with Crippen LogP contribution in [0.2, 0.25) is 0 Å². The van der Waals surface area contributed by atoms with Gasteiger partial charge in [0, 0.05) is 19.6 Å². The molecule has 0 bridgehead atoms. The molecule has 0 aliphatic heterocycles. The fraction of sp³-hybridized carbons (Fsp3) is 0.588. The Morgan fingerprint density at radius 3 is 2.67 bits per heavy atom. The fourth-order valence-electron chi connectivity index (χ4n) is 2.06. The maximum Gasteiger partial charge on any atom is 0.188 e. The third-order valence-electron chi connectivity index (χ3n) is 3.30. The van der Waals surface area contributed by atoms with Crippen LogP contribution in [-0.4, -0.2) is 37.5 Å². The van der Waals surface area contributed by atoms with Crippen molar-refractivity contribution in [2.24, 2.45) is 16.6 Å². The van der Waals surface area contributed by atoms with Gasteiger partial charge in [0.05, 0.1) is 0 Å². The molecule has 118 valence electrons. The molecule has 0 fully saturated rings. The second-order valence-corrected chi connectivity index (χ2v) is 5.95. The molecule has 0 saturated heterocycles. The van der Waals surface area contributed by atoms with E-state index in [4.69, 9.17) is 5.73 Å². The van der Waals surface area contributed by atoms with E-state index in [9.17, 15) is 0 Å².